The fourth-order valence-electron chi connectivity index (χ4n) is 1.93. The van der Waals surface area contributed by atoms with Crippen molar-refractivity contribution in [2.24, 2.45) is 5.41 Å². The molecule has 0 saturated heterocycles. The van der Waals surface area contributed by atoms with Crippen molar-refractivity contribution < 1.29 is 14.3 Å². The zero-order valence-corrected chi connectivity index (χ0v) is 11.7. The van der Waals surface area contributed by atoms with Crippen LogP contribution >= 0.6 is 0 Å². The number of hydrogen-bond donors (Lipinski definition) is 1. The molecule has 2 rings (SSSR count). The summed E-state index contributed by atoms with van der Waals surface area (Å²) >= 11 is 0. The summed E-state index contributed by atoms with van der Waals surface area (Å²) in [6.07, 6.45) is 0.474. The van der Waals surface area contributed by atoms with Gasteiger partial charge in [-0.25, -0.2) is 4.98 Å². The van der Waals surface area contributed by atoms with Gasteiger partial charge in [-0.05, 0) is 38.0 Å². The van der Waals surface area contributed by atoms with Crippen LogP contribution in [0.15, 0.2) is 22.6 Å². The zero-order valence-electron chi connectivity index (χ0n) is 11.7. The van der Waals surface area contributed by atoms with Crippen LogP contribution < -0.4 is 0 Å². The lowest BCUT2D eigenvalue weighted by Gasteiger charge is -2.18. The highest BCUT2D eigenvalue weighted by molar-refractivity contribution is 5.76. The molecule has 4 nitrogen and oxygen atoms in total. The predicted octanol–water partition coefficient (Wildman–Crippen LogP) is 3.60. The third kappa shape index (κ3) is 2.78. The van der Waals surface area contributed by atoms with Gasteiger partial charge in [0, 0.05) is 5.92 Å². The predicted molar refractivity (Wildman–Crippen MR) is 73.2 cm³/mol. The second-order valence-corrected chi connectivity index (χ2v) is 5.87. The van der Waals surface area contributed by atoms with Gasteiger partial charge in [0.2, 0.25) is 0 Å². The third-order valence-electron chi connectivity index (χ3n) is 3.19. The summed E-state index contributed by atoms with van der Waals surface area (Å²) in [4.78, 5) is 15.6. The summed E-state index contributed by atoms with van der Waals surface area (Å²) in [7, 11) is 0. The number of benzene rings is 1. The van der Waals surface area contributed by atoms with Gasteiger partial charge in [-0.15, -0.1) is 0 Å². The lowest BCUT2D eigenvalue weighted by molar-refractivity contribution is -0.146. The lowest BCUT2D eigenvalue weighted by Crippen LogP contribution is -2.26. The minimum atomic E-state index is -0.796. The summed E-state index contributed by atoms with van der Waals surface area (Å²) in [6, 6.07) is 5.68. The molecule has 0 aliphatic heterocycles. The van der Waals surface area contributed by atoms with Crippen molar-refractivity contribution in [2.45, 2.75) is 40.0 Å². The number of hydrogen-bond acceptors (Lipinski definition) is 3. The normalized spacial score (nSPS) is 12.3. The Morgan fingerprint density at radius 1 is 1.42 bits per heavy atom. The van der Waals surface area contributed by atoms with E-state index in [9.17, 15) is 4.79 Å². The first-order valence-electron chi connectivity index (χ1n) is 6.42. The van der Waals surface area contributed by atoms with E-state index in [1.54, 1.807) is 13.8 Å². The lowest BCUT2D eigenvalue weighted by atomic mass is 9.86. The average Bonchev–Trinajstić information content (AvgIpc) is 2.71. The van der Waals surface area contributed by atoms with Crippen LogP contribution in [-0.4, -0.2) is 16.1 Å². The number of nitrogens with zero attached hydrogens (tertiary/aromatic N) is 1. The van der Waals surface area contributed by atoms with E-state index in [0.717, 1.165) is 16.7 Å². The first-order valence-corrected chi connectivity index (χ1v) is 6.42. The fourth-order valence-corrected chi connectivity index (χ4v) is 1.93. The molecule has 1 aromatic heterocycles. The third-order valence-corrected chi connectivity index (χ3v) is 3.19. The Bertz CT molecular complexity index is 611. The molecule has 0 spiro atoms. The molecule has 0 saturated carbocycles. The van der Waals surface area contributed by atoms with Gasteiger partial charge in [-0.3, -0.25) is 4.79 Å². The summed E-state index contributed by atoms with van der Waals surface area (Å²) < 4.78 is 5.63. The number of aromatic nitrogens is 1. The van der Waals surface area contributed by atoms with E-state index < -0.39 is 11.4 Å². The number of carbonyl (C=O) groups is 1. The van der Waals surface area contributed by atoms with E-state index in [1.165, 1.54) is 0 Å². The van der Waals surface area contributed by atoms with E-state index in [4.69, 9.17) is 9.52 Å². The maximum absolute atomic E-state index is 11.1. The van der Waals surface area contributed by atoms with Crippen LogP contribution in [0.1, 0.15) is 45.1 Å². The molecule has 0 radical (unpaired) electrons. The molecule has 0 aliphatic rings. The summed E-state index contributed by atoms with van der Waals surface area (Å²) in [6.45, 7) is 7.50. The summed E-state index contributed by atoms with van der Waals surface area (Å²) in [5.41, 5.74) is 1.73. The molecule has 19 heavy (non-hydrogen) atoms. The Balaban J connectivity index is 2.34. The Morgan fingerprint density at radius 2 is 2.11 bits per heavy atom. The van der Waals surface area contributed by atoms with Gasteiger partial charge in [0.1, 0.15) is 5.52 Å². The van der Waals surface area contributed by atoms with Gasteiger partial charge in [0.05, 0.1) is 5.41 Å². The number of carboxylic acids is 1. The van der Waals surface area contributed by atoms with Crippen molar-refractivity contribution in [3.05, 3.63) is 29.7 Å². The number of oxazole rings is 1. The molecule has 0 amide bonds. The number of aliphatic carboxylic acids is 1. The summed E-state index contributed by atoms with van der Waals surface area (Å²) in [5.74, 6) is 0.159. The van der Waals surface area contributed by atoms with Gasteiger partial charge in [-0.2, -0.15) is 0 Å². The summed E-state index contributed by atoms with van der Waals surface area (Å²) in [5, 5.41) is 9.16. The fraction of sp³-hybridized carbons (Fsp3) is 0.467. The van der Waals surface area contributed by atoms with Crippen molar-refractivity contribution in [3.63, 3.8) is 0 Å². The maximum Gasteiger partial charge on any atom is 0.309 e. The standard InChI is InChI=1S/C15H19NO3/c1-9(2)13-16-11-7-10(5-6-12(11)19-13)8-15(3,4)14(17)18/h5-7,9H,8H2,1-4H3,(H,17,18). The molecule has 0 atom stereocenters. The van der Waals surface area contributed by atoms with Crippen LogP contribution in [-0.2, 0) is 11.2 Å². The Morgan fingerprint density at radius 3 is 2.68 bits per heavy atom. The Hall–Kier alpha value is -1.84. The molecule has 2 aromatic rings. The molecule has 0 bridgehead atoms. The minimum Gasteiger partial charge on any atom is -0.481 e. The molecular weight excluding hydrogens is 242 g/mol. The van der Waals surface area contributed by atoms with Gasteiger partial charge < -0.3 is 9.52 Å². The van der Waals surface area contributed by atoms with E-state index in [2.05, 4.69) is 4.98 Å². The number of carboxylic acid groups (broad SMARTS) is 1. The monoisotopic (exact) mass is 261 g/mol. The highest BCUT2D eigenvalue weighted by Gasteiger charge is 2.27. The second kappa shape index (κ2) is 4.68. The first kappa shape index (κ1) is 13.6. The molecule has 1 aromatic carbocycles. The molecule has 0 fully saturated rings. The van der Waals surface area contributed by atoms with Crippen molar-refractivity contribution in [1.29, 1.82) is 0 Å². The van der Waals surface area contributed by atoms with Gasteiger partial charge in [0.15, 0.2) is 11.5 Å². The Kier molecular flexibility index (Phi) is 3.35. The topological polar surface area (TPSA) is 63.3 Å². The first-order chi connectivity index (χ1) is 8.79. The van der Waals surface area contributed by atoms with Crippen LogP contribution in [0.2, 0.25) is 0 Å². The van der Waals surface area contributed by atoms with Crippen LogP contribution in [0.3, 0.4) is 0 Å². The van der Waals surface area contributed by atoms with Gasteiger partial charge in [0.25, 0.3) is 0 Å². The van der Waals surface area contributed by atoms with Crippen molar-refractivity contribution in [3.8, 4) is 0 Å². The van der Waals surface area contributed by atoms with Crippen molar-refractivity contribution >= 4 is 17.1 Å². The number of fused-ring (bicyclic) bond motifs is 1. The molecule has 1 heterocycles. The molecular formula is C15H19NO3. The maximum atomic E-state index is 11.1. The molecule has 0 unspecified atom stereocenters. The van der Waals surface area contributed by atoms with Gasteiger partial charge in [-0.1, -0.05) is 19.9 Å². The second-order valence-electron chi connectivity index (χ2n) is 5.87. The zero-order chi connectivity index (χ0) is 14.2. The smallest absolute Gasteiger partial charge is 0.309 e. The minimum absolute atomic E-state index is 0.242. The molecule has 102 valence electrons. The van der Waals surface area contributed by atoms with Crippen molar-refractivity contribution in [1.82, 2.24) is 4.98 Å². The van der Waals surface area contributed by atoms with Crippen LogP contribution in [0.5, 0.6) is 0 Å². The van der Waals surface area contributed by atoms with Crippen LogP contribution in [0, 0.1) is 5.41 Å². The van der Waals surface area contributed by atoms with Crippen LogP contribution in [0.4, 0.5) is 0 Å². The van der Waals surface area contributed by atoms with E-state index in [0.29, 0.717) is 12.3 Å². The molecule has 1 N–H and O–H groups in total. The highest BCUT2D eigenvalue weighted by atomic mass is 16.4. The van der Waals surface area contributed by atoms with E-state index in [-0.39, 0.29) is 5.92 Å². The molecule has 4 heteroatoms. The van der Waals surface area contributed by atoms with E-state index in [1.807, 2.05) is 32.0 Å². The highest BCUT2D eigenvalue weighted by Crippen LogP contribution is 2.26. The Labute approximate surface area is 112 Å². The van der Waals surface area contributed by atoms with Crippen LogP contribution in [0.25, 0.3) is 11.1 Å². The SMILES string of the molecule is CC(C)c1nc2cc(CC(C)(C)C(=O)O)ccc2o1. The quantitative estimate of drug-likeness (QED) is 0.913. The van der Waals surface area contributed by atoms with E-state index >= 15 is 0 Å². The van der Waals surface area contributed by atoms with Gasteiger partial charge >= 0.3 is 5.97 Å². The number of rotatable bonds is 4. The largest absolute Gasteiger partial charge is 0.481 e. The molecule has 0 aliphatic carbocycles. The average molecular weight is 261 g/mol. The van der Waals surface area contributed by atoms with Crippen molar-refractivity contribution in [2.75, 3.05) is 0 Å².